The molecule has 1 aromatic carbocycles. The van der Waals surface area contributed by atoms with Gasteiger partial charge in [-0.2, -0.15) is 11.8 Å². The van der Waals surface area contributed by atoms with Crippen LogP contribution in [0.15, 0.2) is 16.6 Å². The lowest BCUT2D eigenvalue weighted by molar-refractivity contribution is -0.135. The summed E-state index contributed by atoms with van der Waals surface area (Å²) in [6.07, 6.45) is 2.03. The summed E-state index contributed by atoms with van der Waals surface area (Å²) in [7, 11) is 3.28. The van der Waals surface area contributed by atoms with Gasteiger partial charge in [-0.25, -0.2) is 0 Å². The molecule has 1 atom stereocenters. The summed E-state index contributed by atoms with van der Waals surface area (Å²) < 4.78 is 11.7. The molecule has 1 unspecified atom stereocenters. The van der Waals surface area contributed by atoms with Crippen LogP contribution in [-0.2, 0) is 11.3 Å². The number of amides is 1. The minimum Gasteiger partial charge on any atom is -0.493 e. The number of thioether (sulfide) groups is 1. The van der Waals surface area contributed by atoms with Crippen molar-refractivity contribution in [2.24, 2.45) is 0 Å². The highest BCUT2D eigenvalue weighted by Crippen LogP contribution is 2.38. The molecule has 2 saturated heterocycles. The van der Waals surface area contributed by atoms with Gasteiger partial charge in [-0.3, -0.25) is 9.69 Å². The molecule has 2 fully saturated rings. The maximum absolute atomic E-state index is 12.9. The Hall–Kier alpha value is -0.920. The highest BCUT2D eigenvalue weighted by Gasteiger charge is 2.34. The van der Waals surface area contributed by atoms with Crippen molar-refractivity contribution in [3.05, 3.63) is 22.2 Å². The Bertz CT molecular complexity index is 623. The van der Waals surface area contributed by atoms with Crippen molar-refractivity contribution in [1.82, 2.24) is 9.80 Å². The molecule has 0 bridgehead atoms. The first-order chi connectivity index (χ1) is 12.2. The van der Waals surface area contributed by atoms with Crippen LogP contribution >= 0.6 is 27.7 Å². The summed E-state index contributed by atoms with van der Waals surface area (Å²) in [6.45, 7) is 3.46. The standard InChI is InChI=1S/C18H25BrN2O3S/c1-23-15-6-5-13(16(19)17(15)24-2)12-21-7-3-4-14(21)18(22)20-8-10-25-11-9-20/h5-6,14H,3-4,7-12H2,1-2H3. The van der Waals surface area contributed by atoms with Crippen molar-refractivity contribution in [2.45, 2.75) is 25.4 Å². The normalized spacial score (nSPS) is 21.4. The van der Waals surface area contributed by atoms with Crippen molar-refractivity contribution in [1.29, 1.82) is 0 Å². The van der Waals surface area contributed by atoms with E-state index in [1.165, 1.54) is 0 Å². The van der Waals surface area contributed by atoms with Crippen LogP contribution in [0.4, 0.5) is 0 Å². The number of halogens is 1. The Morgan fingerprint density at radius 2 is 2.00 bits per heavy atom. The fraction of sp³-hybridized carbons (Fsp3) is 0.611. The molecule has 0 aliphatic carbocycles. The van der Waals surface area contributed by atoms with E-state index in [9.17, 15) is 4.79 Å². The minimum atomic E-state index is 0.00287. The van der Waals surface area contributed by atoms with Gasteiger partial charge in [-0.15, -0.1) is 0 Å². The number of carbonyl (C=O) groups is 1. The molecule has 2 aliphatic heterocycles. The topological polar surface area (TPSA) is 42.0 Å². The molecule has 7 heteroatoms. The maximum Gasteiger partial charge on any atom is 0.239 e. The second kappa shape index (κ2) is 8.64. The third kappa shape index (κ3) is 4.09. The molecule has 0 spiro atoms. The molecular weight excluding hydrogens is 404 g/mol. The molecular formula is C18H25BrN2O3S. The van der Waals surface area contributed by atoms with Gasteiger partial charge in [0, 0.05) is 31.1 Å². The highest BCUT2D eigenvalue weighted by molar-refractivity contribution is 9.10. The number of benzene rings is 1. The van der Waals surface area contributed by atoms with Crippen LogP contribution in [0.3, 0.4) is 0 Å². The van der Waals surface area contributed by atoms with E-state index < -0.39 is 0 Å². The van der Waals surface area contributed by atoms with E-state index in [2.05, 4.69) is 20.8 Å². The van der Waals surface area contributed by atoms with Crippen molar-refractivity contribution in [3.63, 3.8) is 0 Å². The Balaban J connectivity index is 1.74. The van der Waals surface area contributed by atoms with Crippen LogP contribution < -0.4 is 9.47 Å². The van der Waals surface area contributed by atoms with Gasteiger partial charge < -0.3 is 14.4 Å². The maximum atomic E-state index is 12.9. The lowest BCUT2D eigenvalue weighted by Crippen LogP contribution is -2.48. The molecule has 25 heavy (non-hydrogen) atoms. The Morgan fingerprint density at radius 3 is 2.68 bits per heavy atom. The molecule has 1 amide bonds. The molecule has 0 radical (unpaired) electrons. The molecule has 2 aliphatic rings. The SMILES string of the molecule is COc1ccc(CN2CCCC2C(=O)N2CCSCC2)c(Br)c1OC. The van der Waals surface area contributed by atoms with Crippen molar-refractivity contribution in [2.75, 3.05) is 45.4 Å². The lowest BCUT2D eigenvalue weighted by Gasteiger charge is -2.32. The fourth-order valence-electron chi connectivity index (χ4n) is 3.56. The van der Waals surface area contributed by atoms with E-state index in [0.717, 1.165) is 60.6 Å². The molecule has 2 heterocycles. The van der Waals surface area contributed by atoms with Gasteiger partial charge in [-0.05, 0) is 46.9 Å². The van der Waals surface area contributed by atoms with Gasteiger partial charge >= 0.3 is 0 Å². The summed E-state index contributed by atoms with van der Waals surface area (Å²) in [6, 6.07) is 3.97. The third-order valence-corrected chi connectivity index (χ3v) is 6.72. The van der Waals surface area contributed by atoms with Crippen molar-refractivity contribution < 1.29 is 14.3 Å². The van der Waals surface area contributed by atoms with Gasteiger partial charge in [0.1, 0.15) is 0 Å². The van der Waals surface area contributed by atoms with Crippen LogP contribution in [-0.4, -0.2) is 67.1 Å². The summed E-state index contributed by atoms with van der Waals surface area (Å²) in [5.41, 5.74) is 1.12. The molecule has 0 N–H and O–H groups in total. The summed E-state index contributed by atoms with van der Waals surface area (Å²) >= 11 is 5.58. The average Bonchev–Trinajstić information content (AvgIpc) is 3.11. The Kier molecular flexibility index (Phi) is 6.52. The van der Waals surface area contributed by atoms with E-state index in [1.54, 1.807) is 14.2 Å². The van der Waals surface area contributed by atoms with Crippen molar-refractivity contribution in [3.8, 4) is 11.5 Å². The zero-order chi connectivity index (χ0) is 17.8. The van der Waals surface area contributed by atoms with Gasteiger partial charge in [0.2, 0.25) is 5.91 Å². The number of hydrogen-bond acceptors (Lipinski definition) is 5. The van der Waals surface area contributed by atoms with Crippen LogP contribution in [0.2, 0.25) is 0 Å². The summed E-state index contributed by atoms with van der Waals surface area (Å²) in [5, 5.41) is 0. The molecule has 5 nitrogen and oxygen atoms in total. The van der Waals surface area contributed by atoms with Gasteiger partial charge in [0.05, 0.1) is 24.7 Å². The molecule has 1 aromatic rings. The average molecular weight is 429 g/mol. The van der Waals surface area contributed by atoms with Crippen LogP contribution in [0.1, 0.15) is 18.4 Å². The van der Waals surface area contributed by atoms with Crippen LogP contribution in [0.25, 0.3) is 0 Å². The number of carbonyl (C=O) groups excluding carboxylic acids is 1. The second-order valence-electron chi connectivity index (χ2n) is 6.34. The number of hydrogen-bond donors (Lipinski definition) is 0. The smallest absolute Gasteiger partial charge is 0.239 e. The largest absolute Gasteiger partial charge is 0.493 e. The second-order valence-corrected chi connectivity index (χ2v) is 8.36. The first-order valence-electron chi connectivity index (χ1n) is 8.65. The molecule has 0 aromatic heterocycles. The van der Waals surface area contributed by atoms with E-state index in [1.807, 2.05) is 28.8 Å². The zero-order valence-corrected chi connectivity index (χ0v) is 17.2. The highest BCUT2D eigenvalue weighted by atomic mass is 79.9. The molecule has 0 saturated carbocycles. The zero-order valence-electron chi connectivity index (χ0n) is 14.8. The predicted octanol–water partition coefficient (Wildman–Crippen LogP) is 3.01. The predicted molar refractivity (Wildman–Crippen MR) is 105 cm³/mol. The first-order valence-corrected chi connectivity index (χ1v) is 10.6. The monoisotopic (exact) mass is 428 g/mol. The number of methoxy groups -OCH3 is 2. The van der Waals surface area contributed by atoms with Crippen molar-refractivity contribution >= 4 is 33.6 Å². The van der Waals surface area contributed by atoms with E-state index in [0.29, 0.717) is 17.4 Å². The first kappa shape index (κ1) is 18.9. The van der Waals surface area contributed by atoms with Crippen LogP contribution in [0.5, 0.6) is 11.5 Å². The van der Waals surface area contributed by atoms with E-state index in [4.69, 9.17) is 9.47 Å². The number of likely N-dealkylation sites (tertiary alicyclic amines) is 1. The number of ether oxygens (including phenoxy) is 2. The van der Waals surface area contributed by atoms with E-state index >= 15 is 0 Å². The van der Waals surface area contributed by atoms with Gasteiger partial charge in [0.15, 0.2) is 11.5 Å². The van der Waals surface area contributed by atoms with Gasteiger partial charge in [-0.1, -0.05) is 6.07 Å². The third-order valence-electron chi connectivity index (χ3n) is 4.91. The molecule has 138 valence electrons. The minimum absolute atomic E-state index is 0.00287. The number of rotatable bonds is 5. The van der Waals surface area contributed by atoms with Crippen LogP contribution in [0, 0.1) is 0 Å². The Morgan fingerprint density at radius 1 is 1.24 bits per heavy atom. The lowest BCUT2D eigenvalue weighted by atomic mass is 10.1. The molecule has 3 rings (SSSR count). The summed E-state index contributed by atoms with van der Waals surface area (Å²) in [5.74, 6) is 3.82. The summed E-state index contributed by atoms with van der Waals surface area (Å²) in [4.78, 5) is 17.3. The van der Waals surface area contributed by atoms with Gasteiger partial charge in [0.25, 0.3) is 0 Å². The Labute approximate surface area is 162 Å². The quantitative estimate of drug-likeness (QED) is 0.720. The number of nitrogens with zero attached hydrogens (tertiary/aromatic N) is 2. The van der Waals surface area contributed by atoms with E-state index in [-0.39, 0.29) is 6.04 Å². The fourth-order valence-corrected chi connectivity index (χ4v) is 5.08.